The zero-order valence-corrected chi connectivity index (χ0v) is 36.3. The third kappa shape index (κ3) is 6.93. The molecule has 0 saturated heterocycles. The molecule has 0 N–H and O–H groups in total. The molecule has 11 aromatic carbocycles. The molecule has 0 radical (unpaired) electrons. The number of nitrogens with zero attached hydrogens (tertiary/aromatic N) is 2. The number of hydrogen-bond acceptors (Lipinski definition) is 1. The van der Waals surface area contributed by atoms with E-state index in [0.29, 0.717) is 0 Å². The smallest absolute Gasteiger partial charge is 0.0561 e. The maximum Gasteiger partial charge on any atom is 0.0561 e. The Kier molecular flexibility index (Phi) is 9.89. The Morgan fingerprint density at radius 1 is 0.273 bits per heavy atom. The largest absolute Gasteiger partial charge is 0.310 e. The van der Waals surface area contributed by atoms with Crippen molar-refractivity contribution >= 4 is 49.6 Å². The first kappa shape index (κ1) is 38.9. The van der Waals surface area contributed by atoms with E-state index < -0.39 is 0 Å². The molecule has 0 amide bonds. The minimum atomic E-state index is 1.07. The monoisotopic (exact) mass is 840 g/mol. The number of aromatic nitrogens is 1. The van der Waals surface area contributed by atoms with Gasteiger partial charge in [0.1, 0.15) is 0 Å². The normalized spacial score (nSPS) is 11.3. The number of benzene rings is 11. The molecular weight excluding hydrogens is 797 g/mol. The van der Waals surface area contributed by atoms with E-state index in [4.69, 9.17) is 0 Å². The van der Waals surface area contributed by atoms with Gasteiger partial charge in [0.2, 0.25) is 0 Å². The van der Waals surface area contributed by atoms with Crippen LogP contribution in [0.5, 0.6) is 0 Å². The van der Waals surface area contributed by atoms with Crippen molar-refractivity contribution in [3.63, 3.8) is 0 Å². The van der Waals surface area contributed by atoms with E-state index >= 15 is 0 Å². The molecule has 0 fully saturated rings. The summed E-state index contributed by atoms with van der Waals surface area (Å²) in [7, 11) is 0. The van der Waals surface area contributed by atoms with Gasteiger partial charge in [-0.15, -0.1) is 0 Å². The molecule has 0 aliphatic carbocycles. The Morgan fingerprint density at radius 2 is 0.803 bits per heavy atom. The van der Waals surface area contributed by atoms with Crippen molar-refractivity contribution in [2.75, 3.05) is 4.90 Å². The van der Waals surface area contributed by atoms with Crippen molar-refractivity contribution in [1.29, 1.82) is 0 Å². The van der Waals surface area contributed by atoms with E-state index in [2.05, 4.69) is 276 Å². The van der Waals surface area contributed by atoms with Crippen LogP contribution in [0.1, 0.15) is 0 Å². The third-order valence-electron chi connectivity index (χ3n) is 13.0. The lowest BCUT2D eigenvalue weighted by molar-refractivity contribution is 1.18. The molecule has 0 atom stereocenters. The van der Waals surface area contributed by atoms with Gasteiger partial charge in [-0.1, -0.05) is 212 Å². The van der Waals surface area contributed by atoms with Gasteiger partial charge in [0, 0.05) is 33.4 Å². The molecule has 0 saturated carbocycles. The summed E-state index contributed by atoms with van der Waals surface area (Å²) in [5, 5.41) is 4.90. The van der Waals surface area contributed by atoms with Crippen LogP contribution in [0.3, 0.4) is 0 Å². The third-order valence-corrected chi connectivity index (χ3v) is 13.0. The Bertz CT molecular complexity index is 3660. The molecular formula is C64H44N2. The molecule has 12 aromatic rings. The Morgan fingerprint density at radius 3 is 1.52 bits per heavy atom. The highest BCUT2D eigenvalue weighted by atomic mass is 15.1. The summed E-state index contributed by atoms with van der Waals surface area (Å²) >= 11 is 0. The average molecular weight is 841 g/mol. The fourth-order valence-electron chi connectivity index (χ4n) is 9.95. The van der Waals surface area contributed by atoms with Crippen LogP contribution in [0.2, 0.25) is 0 Å². The topological polar surface area (TPSA) is 8.17 Å². The molecule has 12 rings (SSSR count). The van der Waals surface area contributed by atoms with Crippen LogP contribution in [0.4, 0.5) is 17.1 Å². The van der Waals surface area contributed by atoms with Crippen LogP contribution in [-0.4, -0.2) is 4.57 Å². The van der Waals surface area contributed by atoms with E-state index in [0.717, 1.165) is 39.4 Å². The second kappa shape index (κ2) is 16.8. The molecule has 0 unspecified atom stereocenters. The second-order valence-corrected chi connectivity index (χ2v) is 16.9. The summed E-state index contributed by atoms with van der Waals surface area (Å²) in [5.41, 5.74) is 18.6. The first-order valence-electron chi connectivity index (χ1n) is 22.7. The predicted octanol–water partition coefficient (Wildman–Crippen LogP) is 17.7. The molecule has 0 bridgehead atoms. The molecule has 0 aliphatic heterocycles. The molecule has 310 valence electrons. The van der Waals surface area contributed by atoms with Gasteiger partial charge in [-0.3, -0.25) is 0 Å². The minimum Gasteiger partial charge on any atom is -0.310 e. The molecule has 1 aromatic heterocycles. The summed E-state index contributed by atoms with van der Waals surface area (Å²) in [5.74, 6) is 0. The van der Waals surface area contributed by atoms with E-state index in [-0.39, 0.29) is 0 Å². The quantitative estimate of drug-likeness (QED) is 0.141. The summed E-state index contributed by atoms with van der Waals surface area (Å²) in [4.78, 5) is 2.45. The van der Waals surface area contributed by atoms with Gasteiger partial charge < -0.3 is 9.47 Å². The van der Waals surface area contributed by atoms with E-state index in [9.17, 15) is 0 Å². The Hall–Kier alpha value is -8.72. The highest BCUT2D eigenvalue weighted by Crippen LogP contribution is 2.46. The van der Waals surface area contributed by atoms with Gasteiger partial charge in [0.25, 0.3) is 0 Å². The average Bonchev–Trinajstić information content (AvgIpc) is 3.73. The van der Waals surface area contributed by atoms with Crippen LogP contribution >= 0.6 is 0 Å². The van der Waals surface area contributed by atoms with Gasteiger partial charge >= 0.3 is 0 Å². The molecule has 0 aliphatic rings. The Balaban J connectivity index is 1.06. The number of para-hydroxylation sites is 3. The highest BCUT2D eigenvalue weighted by molar-refractivity contribution is 6.12. The fourth-order valence-corrected chi connectivity index (χ4v) is 9.95. The van der Waals surface area contributed by atoms with Crippen molar-refractivity contribution < 1.29 is 0 Å². The summed E-state index contributed by atoms with van der Waals surface area (Å²) in [6.07, 6.45) is 0. The number of fused-ring (bicyclic) bond motifs is 4. The summed E-state index contributed by atoms with van der Waals surface area (Å²) in [6, 6.07) is 96.9. The zero-order valence-electron chi connectivity index (χ0n) is 36.3. The lowest BCUT2D eigenvalue weighted by Crippen LogP contribution is -2.11. The highest BCUT2D eigenvalue weighted by Gasteiger charge is 2.22. The van der Waals surface area contributed by atoms with Crippen molar-refractivity contribution in [3.8, 4) is 61.3 Å². The molecule has 2 heteroatoms. The van der Waals surface area contributed by atoms with Gasteiger partial charge in [-0.2, -0.15) is 0 Å². The van der Waals surface area contributed by atoms with E-state index in [1.807, 2.05) is 0 Å². The van der Waals surface area contributed by atoms with E-state index in [1.54, 1.807) is 0 Å². The van der Waals surface area contributed by atoms with Crippen LogP contribution < -0.4 is 4.90 Å². The van der Waals surface area contributed by atoms with Gasteiger partial charge in [-0.05, 0) is 115 Å². The summed E-state index contributed by atoms with van der Waals surface area (Å²) < 4.78 is 2.40. The van der Waals surface area contributed by atoms with Gasteiger partial charge in [0.05, 0.1) is 16.7 Å². The van der Waals surface area contributed by atoms with Crippen LogP contribution in [-0.2, 0) is 0 Å². The first-order valence-corrected chi connectivity index (χ1v) is 22.7. The second-order valence-electron chi connectivity index (χ2n) is 16.9. The molecule has 0 spiro atoms. The SMILES string of the molecule is c1ccc(-c2ccc(-c3ccc(N(c4ccc5c6ccccc6n(-c6ccccc6)c5c4)c4ccccc4-c4cccc5cccc(-c6ccccc6)c45)cc3)cc2-c2ccccc2)cc1. The standard InChI is InChI=1S/C64H44N2/c1-5-19-46(20-6-1)54-41-37-50(43-60(54)48-23-9-3-10-24-48)45-35-38-52(39-36-45)65(53-40-42-58-56-29-13-16-34-62(56)66(63(58)44-53)51-27-11-4-12-28-51)61-33-15-14-30-57(61)59-32-18-26-49-25-17-31-55(64(49)59)47-21-7-2-8-22-47/h1-44H. The summed E-state index contributed by atoms with van der Waals surface area (Å²) in [6.45, 7) is 0. The number of anilines is 3. The fraction of sp³-hybridized carbons (Fsp3) is 0. The first-order chi connectivity index (χ1) is 32.8. The van der Waals surface area contributed by atoms with Crippen LogP contribution in [0, 0.1) is 0 Å². The maximum atomic E-state index is 2.45. The lowest BCUT2D eigenvalue weighted by atomic mass is 9.90. The van der Waals surface area contributed by atoms with Crippen LogP contribution in [0.25, 0.3) is 93.9 Å². The van der Waals surface area contributed by atoms with E-state index in [1.165, 1.54) is 71.6 Å². The van der Waals surface area contributed by atoms with Crippen molar-refractivity contribution in [2.45, 2.75) is 0 Å². The lowest BCUT2D eigenvalue weighted by Gasteiger charge is -2.29. The molecule has 66 heavy (non-hydrogen) atoms. The van der Waals surface area contributed by atoms with Gasteiger partial charge in [0.15, 0.2) is 0 Å². The van der Waals surface area contributed by atoms with Crippen LogP contribution in [0.15, 0.2) is 267 Å². The van der Waals surface area contributed by atoms with Crippen molar-refractivity contribution in [1.82, 2.24) is 4.57 Å². The zero-order chi connectivity index (χ0) is 43.8. The number of hydrogen-bond donors (Lipinski definition) is 0. The Labute approximate surface area is 385 Å². The molecule has 1 heterocycles. The van der Waals surface area contributed by atoms with Crippen molar-refractivity contribution in [2.24, 2.45) is 0 Å². The molecule has 2 nitrogen and oxygen atoms in total. The van der Waals surface area contributed by atoms with Gasteiger partial charge in [-0.25, -0.2) is 0 Å². The van der Waals surface area contributed by atoms with Crippen molar-refractivity contribution in [3.05, 3.63) is 267 Å². The number of rotatable bonds is 9. The minimum absolute atomic E-state index is 1.07. The maximum absolute atomic E-state index is 2.45. The predicted molar refractivity (Wildman–Crippen MR) is 280 cm³/mol.